The smallest absolute Gasteiger partial charge is 0.364 e. The Bertz CT molecular complexity index is 496. The molecular weight excluding hydrogens is 388 g/mol. The fraction of sp³-hybridized carbons (Fsp3) is 0.773. The van der Waals surface area contributed by atoms with Crippen molar-refractivity contribution in [2.45, 2.75) is 103 Å². The van der Waals surface area contributed by atoms with E-state index in [-0.39, 0.29) is 13.0 Å². The monoisotopic (exact) mass is 428 g/mol. The van der Waals surface area contributed by atoms with Crippen molar-refractivity contribution < 1.29 is 29.3 Å². The lowest BCUT2D eigenvalue weighted by Gasteiger charge is -2.09. The first-order chi connectivity index (χ1) is 14.5. The van der Waals surface area contributed by atoms with Crippen molar-refractivity contribution in [1.29, 1.82) is 0 Å². The molecule has 0 rings (SSSR count). The number of aliphatic hydroxyl groups is 1. The van der Waals surface area contributed by atoms with Gasteiger partial charge in [-0.1, -0.05) is 70.4 Å². The van der Waals surface area contributed by atoms with Crippen LogP contribution in [-0.2, 0) is 24.2 Å². The van der Waals surface area contributed by atoms with Gasteiger partial charge in [-0.05, 0) is 32.1 Å². The van der Waals surface area contributed by atoms with Gasteiger partial charge in [0.1, 0.15) is 0 Å². The minimum Gasteiger partial charge on any atom is -0.364 e. The minimum absolute atomic E-state index is 0.122. The minimum atomic E-state index is -1.92. The molecule has 0 radical (unpaired) electrons. The number of nitrogens with one attached hydrogen (secondary N) is 1. The first-order valence-corrected chi connectivity index (χ1v) is 11.2. The molecule has 0 bridgehead atoms. The fourth-order valence-corrected chi connectivity index (χ4v) is 2.79. The highest BCUT2D eigenvalue weighted by Crippen LogP contribution is 2.10. The third-order valence-electron chi connectivity index (χ3n) is 4.57. The summed E-state index contributed by atoms with van der Waals surface area (Å²) < 4.78 is 0. The van der Waals surface area contributed by atoms with Crippen LogP contribution < -0.4 is 11.1 Å². The van der Waals surface area contributed by atoms with Crippen molar-refractivity contribution in [2.24, 2.45) is 5.73 Å². The van der Waals surface area contributed by atoms with Crippen LogP contribution in [0.2, 0.25) is 0 Å². The molecule has 30 heavy (non-hydrogen) atoms. The SMILES string of the molecule is CCCCCCCC/C=C\CCCCCCCC(=O)OOC(=O)C(O)NC(=O)CN. The van der Waals surface area contributed by atoms with Gasteiger partial charge in [0.25, 0.3) is 0 Å². The summed E-state index contributed by atoms with van der Waals surface area (Å²) in [5.41, 5.74) is 5.03. The zero-order chi connectivity index (χ0) is 22.5. The van der Waals surface area contributed by atoms with Crippen LogP contribution in [0.5, 0.6) is 0 Å². The number of carbonyl (C=O) groups excluding carboxylic acids is 3. The van der Waals surface area contributed by atoms with Gasteiger partial charge in [0.15, 0.2) is 0 Å². The summed E-state index contributed by atoms with van der Waals surface area (Å²) in [6.45, 7) is 1.85. The maximum Gasteiger partial charge on any atom is 0.404 e. The van der Waals surface area contributed by atoms with Crippen molar-refractivity contribution in [2.75, 3.05) is 6.54 Å². The van der Waals surface area contributed by atoms with Crippen molar-refractivity contribution in [3.8, 4) is 0 Å². The zero-order valence-corrected chi connectivity index (χ0v) is 18.4. The number of rotatable bonds is 18. The molecule has 0 aliphatic carbocycles. The van der Waals surface area contributed by atoms with Crippen molar-refractivity contribution >= 4 is 17.8 Å². The van der Waals surface area contributed by atoms with E-state index in [4.69, 9.17) is 5.73 Å². The number of aliphatic hydroxyl groups excluding tert-OH is 1. The van der Waals surface area contributed by atoms with Crippen LogP contribution in [0.4, 0.5) is 0 Å². The van der Waals surface area contributed by atoms with Gasteiger partial charge in [0.2, 0.25) is 12.1 Å². The topological polar surface area (TPSA) is 128 Å². The van der Waals surface area contributed by atoms with Gasteiger partial charge in [-0.15, -0.1) is 0 Å². The van der Waals surface area contributed by atoms with E-state index in [1.807, 2.05) is 5.32 Å². The van der Waals surface area contributed by atoms with Gasteiger partial charge in [-0.3, -0.25) is 4.79 Å². The van der Waals surface area contributed by atoms with E-state index < -0.39 is 24.1 Å². The summed E-state index contributed by atoms with van der Waals surface area (Å²) in [4.78, 5) is 42.2. The van der Waals surface area contributed by atoms with Crippen LogP contribution in [0.25, 0.3) is 0 Å². The van der Waals surface area contributed by atoms with Gasteiger partial charge in [-0.2, -0.15) is 0 Å². The lowest BCUT2D eigenvalue weighted by Crippen LogP contribution is -2.44. The molecule has 0 fully saturated rings. The summed E-state index contributed by atoms with van der Waals surface area (Å²) in [6, 6.07) is 0. The van der Waals surface area contributed by atoms with Crippen LogP contribution in [0.3, 0.4) is 0 Å². The molecule has 0 aromatic heterocycles. The van der Waals surface area contributed by atoms with Gasteiger partial charge in [0.05, 0.1) is 13.0 Å². The van der Waals surface area contributed by atoms with Crippen LogP contribution >= 0.6 is 0 Å². The Morgan fingerprint density at radius 1 is 0.867 bits per heavy atom. The molecule has 4 N–H and O–H groups in total. The number of nitrogens with two attached hydrogens (primary N) is 1. The highest BCUT2D eigenvalue weighted by atomic mass is 17.2. The lowest BCUT2D eigenvalue weighted by molar-refractivity contribution is -0.265. The quantitative estimate of drug-likeness (QED) is 0.100. The van der Waals surface area contributed by atoms with Crippen LogP contribution in [0.15, 0.2) is 12.2 Å². The highest BCUT2D eigenvalue weighted by molar-refractivity contribution is 5.84. The Kier molecular flexibility index (Phi) is 19.0. The average molecular weight is 429 g/mol. The second kappa shape index (κ2) is 20.3. The Morgan fingerprint density at radius 2 is 1.40 bits per heavy atom. The molecule has 0 aliphatic rings. The number of carbonyl (C=O) groups is 3. The van der Waals surface area contributed by atoms with E-state index >= 15 is 0 Å². The number of hydrogen-bond acceptors (Lipinski definition) is 7. The van der Waals surface area contributed by atoms with Gasteiger partial charge in [-0.25, -0.2) is 19.4 Å². The summed E-state index contributed by atoms with van der Waals surface area (Å²) in [7, 11) is 0. The number of hydrogen-bond donors (Lipinski definition) is 3. The largest absolute Gasteiger partial charge is 0.404 e. The highest BCUT2D eigenvalue weighted by Gasteiger charge is 2.21. The van der Waals surface area contributed by atoms with Crippen molar-refractivity contribution in [1.82, 2.24) is 5.32 Å². The van der Waals surface area contributed by atoms with E-state index in [9.17, 15) is 19.5 Å². The Balaban J connectivity index is 3.47. The molecule has 1 atom stereocenters. The second-order valence-corrected chi connectivity index (χ2v) is 7.37. The maximum absolute atomic E-state index is 11.5. The molecule has 8 heteroatoms. The molecule has 8 nitrogen and oxygen atoms in total. The van der Waals surface area contributed by atoms with Gasteiger partial charge >= 0.3 is 11.9 Å². The molecule has 0 heterocycles. The van der Waals surface area contributed by atoms with E-state index in [0.717, 1.165) is 32.1 Å². The molecule has 1 amide bonds. The standard InChI is InChI=1S/C22H40N2O6/c1-2-3-4-5-6-7-8-9-10-11-12-13-14-15-16-17-20(26)29-30-22(28)21(27)24-19(25)18-23/h9-10,21,27H,2-8,11-18,23H2,1H3,(H,24,25)/b10-9-. The molecule has 0 saturated heterocycles. The normalized spacial score (nSPS) is 12.0. The Morgan fingerprint density at radius 3 is 1.97 bits per heavy atom. The molecular formula is C22H40N2O6. The first kappa shape index (κ1) is 28.1. The molecule has 0 spiro atoms. The molecule has 174 valence electrons. The van der Waals surface area contributed by atoms with E-state index in [1.54, 1.807) is 0 Å². The summed E-state index contributed by atoms with van der Waals surface area (Å²) in [6.07, 6.45) is 17.8. The fourth-order valence-electron chi connectivity index (χ4n) is 2.79. The number of allylic oxidation sites excluding steroid dienone is 2. The predicted molar refractivity (Wildman–Crippen MR) is 115 cm³/mol. The first-order valence-electron chi connectivity index (χ1n) is 11.2. The molecule has 0 saturated carbocycles. The average Bonchev–Trinajstić information content (AvgIpc) is 2.74. The number of amides is 1. The molecule has 0 aromatic carbocycles. The Hall–Kier alpha value is -1.93. The summed E-state index contributed by atoms with van der Waals surface area (Å²) >= 11 is 0. The van der Waals surface area contributed by atoms with E-state index in [1.165, 1.54) is 44.9 Å². The van der Waals surface area contributed by atoms with Gasteiger partial charge < -0.3 is 16.2 Å². The zero-order valence-electron chi connectivity index (χ0n) is 18.4. The van der Waals surface area contributed by atoms with Crippen LogP contribution in [-0.4, -0.2) is 35.7 Å². The van der Waals surface area contributed by atoms with Crippen LogP contribution in [0, 0.1) is 0 Å². The van der Waals surface area contributed by atoms with Crippen LogP contribution in [0.1, 0.15) is 96.8 Å². The molecule has 0 aromatic rings. The van der Waals surface area contributed by atoms with Crippen molar-refractivity contribution in [3.05, 3.63) is 12.2 Å². The van der Waals surface area contributed by atoms with Gasteiger partial charge in [0, 0.05) is 0 Å². The maximum atomic E-state index is 11.5. The van der Waals surface area contributed by atoms with Crippen molar-refractivity contribution in [3.63, 3.8) is 0 Å². The Labute approximate surface area is 180 Å². The summed E-state index contributed by atoms with van der Waals surface area (Å²) in [5, 5.41) is 11.2. The second-order valence-electron chi connectivity index (χ2n) is 7.37. The molecule has 1 unspecified atom stereocenters. The predicted octanol–water partition coefficient (Wildman–Crippen LogP) is 3.42. The van der Waals surface area contributed by atoms with E-state index in [0.29, 0.717) is 6.42 Å². The number of unbranched alkanes of at least 4 members (excludes halogenated alkanes) is 11. The molecule has 0 aliphatic heterocycles. The third kappa shape index (κ3) is 18.1. The lowest BCUT2D eigenvalue weighted by atomic mass is 10.1. The third-order valence-corrected chi connectivity index (χ3v) is 4.57. The summed E-state index contributed by atoms with van der Waals surface area (Å²) in [5.74, 6) is -2.72. The van der Waals surface area contributed by atoms with E-state index in [2.05, 4.69) is 28.9 Å².